The van der Waals surface area contributed by atoms with E-state index in [1.54, 1.807) is 0 Å². The molecule has 3 aliphatic carbocycles. The van der Waals surface area contributed by atoms with Crippen molar-refractivity contribution in [3.8, 4) is 0 Å². The van der Waals surface area contributed by atoms with Gasteiger partial charge >= 0.3 is 0 Å². The summed E-state index contributed by atoms with van der Waals surface area (Å²) in [7, 11) is 0. The number of fused-ring (bicyclic) bond motifs is 1. The fraction of sp³-hybridized carbons (Fsp3) is 0.700. The molecule has 3 saturated carbocycles. The van der Waals surface area contributed by atoms with E-state index in [-0.39, 0.29) is 0 Å². The van der Waals surface area contributed by atoms with Crippen molar-refractivity contribution < 1.29 is 5.11 Å². The van der Waals surface area contributed by atoms with Gasteiger partial charge in [0.1, 0.15) is 0 Å². The molecule has 0 aromatic rings. The van der Waals surface area contributed by atoms with Crippen molar-refractivity contribution in [1.29, 1.82) is 0 Å². The first-order chi connectivity index (χ1) is 9.80. The molecule has 0 amide bonds. The van der Waals surface area contributed by atoms with Crippen LogP contribution in [-0.4, -0.2) is 10.7 Å². The maximum atomic E-state index is 11.0. The lowest BCUT2D eigenvalue weighted by atomic mass is 9.70. The minimum Gasteiger partial charge on any atom is -0.386 e. The Morgan fingerprint density at radius 3 is 2.71 bits per heavy atom. The van der Waals surface area contributed by atoms with Crippen LogP contribution in [0.2, 0.25) is 0 Å². The van der Waals surface area contributed by atoms with Gasteiger partial charge in [-0.1, -0.05) is 42.9 Å². The second-order valence-corrected chi connectivity index (χ2v) is 8.19. The summed E-state index contributed by atoms with van der Waals surface area (Å²) in [5.41, 5.74) is 2.47. The summed E-state index contributed by atoms with van der Waals surface area (Å²) in [5.74, 6) is 2.68. The van der Waals surface area contributed by atoms with Crippen molar-refractivity contribution in [3.05, 3.63) is 36.0 Å². The molecular formula is C20H30O. The third kappa shape index (κ3) is 2.16. The van der Waals surface area contributed by atoms with Crippen LogP contribution in [0.25, 0.3) is 0 Å². The van der Waals surface area contributed by atoms with Crippen molar-refractivity contribution in [1.82, 2.24) is 0 Å². The topological polar surface area (TPSA) is 20.2 Å². The highest BCUT2D eigenvalue weighted by Gasteiger charge is 2.74. The first-order valence-electron chi connectivity index (χ1n) is 8.54. The molecule has 3 rings (SSSR count). The summed E-state index contributed by atoms with van der Waals surface area (Å²) in [6.07, 6.45) is 11.0. The molecule has 0 heterocycles. The van der Waals surface area contributed by atoms with Crippen molar-refractivity contribution >= 4 is 0 Å². The van der Waals surface area contributed by atoms with E-state index < -0.39 is 5.60 Å². The standard InChI is InChI=1S/C20H30O/c1-13(2)7-6-11-19(5,21)16-9-8-15(4)20-12-10-14(3)17(20)18(16)20/h6-7,11,14,16-18,21H,4,8-10,12H2,1-3,5H3/b11-6+/t14-,16-,17+,18-,19-,20-/m1/s1. The van der Waals surface area contributed by atoms with Crippen molar-refractivity contribution in [2.24, 2.45) is 29.1 Å². The van der Waals surface area contributed by atoms with Gasteiger partial charge in [-0.05, 0) is 75.5 Å². The number of hydrogen-bond donors (Lipinski definition) is 1. The minimum absolute atomic E-state index is 0.399. The Morgan fingerprint density at radius 1 is 1.33 bits per heavy atom. The molecule has 21 heavy (non-hydrogen) atoms. The molecule has 3 fully saturated rings. The zero-order chi connectivity index (χ0) is 15.4. The molecule has 1 spiro atoms. The van der Waals surface area contributed by atoms with Crippen LogP contribution in [0.15, 0.2) is 36.0 Å². The molecule has 0 aromatic heterocycles. The van der Waals surface area contributed by atoms with Crippen LogP contribution in [0.3, 0.4) is 0 Å². The van der Waals surface area contributed by atoms with Crippen LogP contribution in [-0.2, 0) is 0 Å². The van der Waals surface area contributed by atoms with Crippen LogP contribution in [0.4, 0.5) is 0 Å². The van der Waals surface area contributed by atoms with Gasteiger partial charge in [0.05, 0.1) is 5.60 Å². The SMILES string of the molecule is C=C1CC[C@@H]([C@](C)(O)/C=C/C=C(C)C)[C@@H]2[C@@H]3[C@H](C)CC[C@@]132. The van der Waals surface area contributed by atoms with Gasteiger partial charge in [-0.2, -0.15) is 0 Å². The van der Waals surface area contributed by atoms with E-state index >= 15 is 0 Å². The van der Waals surface area contributed by atoms with Crippen LogP contribution < -0.4 is 0 Å². The van der Waals surface area contributed by atoms with Crippen LogP contribution in [0, 0.1) is 29.1 Å². The van der Waals surface area contributed by atoms with Gasteiger partial charge in [0.2, 0.25) is 0 Å². The highest BCUT2D eigenvalue weighted by atomic mass is 16.3. The number of aliphatic hydroxyl groups is 1. The van der Waals surface area contributed by atoms with Crippen molar-refractivity contribution in [3.63, 3.8) is 0 Å². The molecule has 3 aliphatic rings. The Labute approximate surface area is 129 Å². The van der Waals surface area contributed by atoms with Gasteiger partial charge in [0.25, 0.3) is 0 Å². The zero-order valence-electron chi connectivity index (χ0n) is 14.0. The number of hydrogen-bond acceptors (Lipinski definition) is 1. The Bertz CT molecular complexity index is 506. The van der Waals surface area contributed by atoms with Gasteiger partial charge < -0.3 is 5.11 Å². The largest absolute Gasteiger partial charge is 0.386 e. The summed E-state index contributed by atoms with van der Waals surface area (Å²) in [5, 5.41) is 11.0. The predicted octanol–water partition coefficient (Wildman–Crippen LogP) is 4.89. The van der Waals surface area contributed by atoms with Crippen molar-refractivity contribution in [2.45, 2.75) is 59.0 Å². The Hall–Kier alpha value is -0.820. The van der Waals surface area contributed by atoms with Gasteiger partial charge in [0, 0.05) is 0 Å². The van der Waals surface area contributed by atoms with Crippen LogP contribution >= 0.6 is 0 Å². The first-order valence-corrected chi connectivity index (χ1v) is 8.54. The highest BCUT2D eigenvalue weighted by Crippen LogP contribution is 2.79. The maximum Gasteiger partial charge on any atom is 0.0833 e. The molecule has 1 N–H and O–H groups in total. The third-order valence-corrected chi connectivity index (χ3v) is 6.56. The van der Waals surface area contributed by atoms with Gasteiger partial charge in [-0.25, -0.2) is 0 Å². The Morgan fingerprint density at radius 2 is 2.05 bits per heavy atom. The molecule has 1 heteroatoms. The average Bonchev–Trinajstić information content (AvgIpc) is 2.95. The van der Waals surface area contributed by atoms with Crippen LogP contribution in [0.1, 0.15) is 53.4 Å². The third-order valence-electron chi connectivity index (χ3n) is 6.56. The molecule has 0 aromatic carbocycles. The lowest BCUT2D eigenvalue weighted by Gasteiger charge is -2.38. The molecule has 0 unspecified atom stereocenters. The summed E-state index contributed by atoms with van der Waals surface area (Å²) >= 11 is 0. The van der Waals surface area contributed by atoms with E-state index in [2.05, 4.69) is 33.4 Å². The second kappa shape index (κ2) is 4.84. The fourth-order valence-electron chi connectivity index (χ4n) is 5.55. The monoisotopic (exact) mass is 286 g/mol. The molecule has 1 nitrogen and oxygen atoms in total. The smallest absolute Gasteiger partial charge is 0.0833 e. The molecule has 0 radical (unpaired) electrons. The molecular weight excluding hydrogens is 256 g/mol. The summed E-state index contributed by atoms with van der Waals surface area (Å²) in [6, 6.07) is 0. The highest BCUT2D eigenvalue weighted by molar-refractivity contribution is 5.36. The number of allylic oxidation sites excluding steroid dienone is 4. The molecule has 116 valence electrons. The summed E-state index contributed by atoms with van der Waals surface area (Å²) in [6.45, 7) is 13.0. The van der Waals surface area contributed by atoms with Gasteiger partial charge in [0.15, 0.2) is 0 Å². The fourth-order valence-corrected chi connectivity index (χ4v) is 5.55. The maximum absolute atomic E-state index is 11.0. The van der Waals surface area contributed by atoms with Crippen LogP contribution in [0.5, 0.6) is 0 Å². The second-order valence-electron chi connectivity index (χ2n) is 8.19. The van der Waals surface area contributed by atoms with E-state index in [4.69, 9.17) is 0 Å². The molecule has 0 saturated heterocycles. The lowest BCUT2D eigenvalue weighted by molar-refractivity contribution is 0.0140. The van der Waals surface area contributed by atoms with Gasteiger partial charge in [-0.15, -0.1) is 0 Å². The first kappa shape index (κ1) is 15.1. The lowest BCUT2D eigenvalue weighted by Crippen LogP contribution is -2.38. The Kier molecular flexibility index (Phi) is 3.48. The molecule has 0 bridgehead atoms. The van der Waals surface area contributed by atoms with Crippen molar-refractivity contribution in [2.75, 3.05) is 0 Å². The van der Waals surface area contributed by atoms with E-state index in [0.29, 0.717) is 17.3 Å². The predicted molar refractivity (Wildman–Crippen MR) is 88.9 cm³/mol. The molecule has 0 aliphatic heterocycles. The zero-order valence-corrected chi connectivity index (χ0v) is 14.0. The van der Waals surface area contributed by atoms with E-state index in [1.807, 2.05) is 19.1 Å². The summed E-state index contributed by atoms with van der Waals surface area (Å²) in [4.78, 5) is 0. The minimum atomic E-state index is -0.686. The average molecular weight is 286 g/mol. The number of rotatable bonds is 3. The quantitative estimate of drug-likeness (QED) is 0.578. The van der Waals surface area contributed by atoms with Gasteiger partial charge in [-0.3, -0.25) is 0 Å². The van der Waals surface area contributed by atoms with E-state index in [1.165, 1.54) is 24.0 Å². The summed E-state index contributed by atoms with van der Waals surface area (Å²) < 4.78 is 0. The molecule has 6 atom stereocenters. The normalized spacial score (nSPS) is 44.1. The Balaban J connectivity index is 1.83. The van der Waals surface area contributed by atoms with E-state index in [0.717, 1.165) is 24.7 Å². The van der Waals surface area contributed by atoms with E-state index in [9.17, 15) is 5.11 Å².